The number of ketones is 1. The SMILES string of the molecule is O=C(C=Cc1ccc2c(c1)OCO2)c1cc(Cl)cc(Cl)c1O. The Morgan fingerprint density at radius 1 is 1.14 bits per heavy atom. The van der Waals surface area contributed by atoms with Crippen molar-refractivity contribution in [2.45, 2.75) is 0 Å². The lowest BCUT2D eigenvalue weighted by Gasteiger charge is -2.04. The van der Waals surface area contributed by atoms with Gasteiger partial charge in [0.25, 0.3) is 0 Å². The second-order valence-corrected chi connectivity index (χ2v) is 5.44. The van der Waals surface area contributed by atoms with Crippen LogP contribution in [0.15, 0.2) is 36.4 Å². The highest BCUT2D eigenvalue weighted by Gasteiger charge is 2.14. The second-order valence-electron chi connectivity index (χ2n) is 4.59. The molecule has 4 nitrogen and oxygen atoms in total. The van der Waals surface area contributed by atoms with Crippen LogP contribution in [-0.4, -0.2) is 17.7 Å². The number of aromatic hydroxyl groups is 1. The Balaban J connectivity index is 1.85. The van der Waals surface area contributed by atoms with Gasteiger partial charge in [0.2, 0.25) is 6.79 Å². The molecule has 0 aromatic heterocycles. The molecule has 2 aromatic rings. The molecular weight excluding hydrogens is 327 g/mol. The van der Waals surface area contributed by atoms with Crippen molar-refractivity contribution in [1.82, 2.24) is 0 Å². The lowest BCUT2D eigenvalue weighted by molar-refractivity contribution is 0.104. The third kappa shape index (κ3) is 2.89. The molecule has 22 heavy (non-hydrogen) atoms. The summed E-state index contributed by atoms with van der Waals surface area (Å²) in [7, 11) is 0. The Morgan fingerprint density at radius 2 is 1.91 bits per heavy atom. The van der Waals surface area contributed by atoms with Crippen molar-refractivity contribution in [3.63, 3.8) is 0 Å². The Hall–Kier alpha value is -2.17. The zero-order valence-electron chi connectivity index (χ0n) is 11.2. The predicted octanol–water partition coefficient (Wildman–Crippen LogP) is 4.32. The molecular formula is C16H10Cl2O4. The number of hydrogen-bond acceptors (Lipinski definition) is 4. The van der Waals surface area contributed by atoms with Crippen LogP contribution in [-0.2, 0) is 0 Å². The summed E-state index contributed by atoms with van der Waals surface area (Å²) in [5, 5.41) is 10.1. The average molecular weight is 337 g/mol. The van der Waals surface area contributed by atoms with Crippen molar-refractivity contribution in [3.05, 3.63) is 57.6 Å². The molecule has 0 spiro atoms. The maximum atomic E-state index is 12.2. The summed E-state index contributed by atoms with van der Waals surface area (Å²) in [5.74, 6) is 0.608. The maximum Gasteiger partial charge on any atom is 0.231 e. The molecule has 0 amide bonds. The minimum absolute atomic E-state index is 0.0346. The van der Waals surface area contributed by atoms with Crippen molar-refractivity contribution in [1.29, 1.82) is 0 Å². The van der Waals surface area contributed by atoms with E-state index in [0.717, 1.165) is 5.56 Å². The van der Waals surface area contributed by atoms with Crippen molar-refractivity contribution < 1.29 is 19.4 Å². The monoisotopic (exact) mass is 336 g/mol. The van der Waals surface area contributed by atoms with Crippen LogP contribution in [0.1, 0.15) is 15.9 Å². The van der Waals surface area contributed by atoms with E-state index in [0.29, 0.717) is 11.5 Å². The topological polar surface area (TPSA) is 55.8 Å². The van der Waals surface area contributed by atoms with Crippen LogP contribution >= 0.6 is 23.2 Å². The Labute approximate surface area is 136 Å². The molecule has 0 bridgehead atoms. The fourth-order valence-corrected chi connectivity index (χ4v) is 2.53. The minimum atomic E-state index is -0.403. The summed E-state index contributed by atoms with van der Waals surface area (Å²) in [6.07, 6.45) is 2.94. The summed E-state index contributed by atoms with van der Waals surface area (Å²) in [6.45, 7) is 0.191. The van der Waals surface area contributed by atoms with Crippen LogP contribution in [0.2, 0.25) is 10.0 Å². The van der Waals surface area contributed by atoms with Crippen LogP contribution in [0, 0.1) is 0 Å². The van der Waals surface area contributed by atoms with Crippen LogP contribution < -0.4 is 9.47 Å². The number of carbonyl (C=O) groups excluding carboxylic acids is 1. The molecule has 0 saturated heterocycles. The number of phenols is 1. The van der Waals surface area contributed by atoms with Crippen LogP contribution in [0.5, 0.6) is 17.2 Å². The van der Waals surface area contributed by atoms with Gasteiger partial charge in [-0.25, -0.2) is 0 Å². The molecule has 0 atom stereocenters. The molecule has 112 valence electrons. The number of benzene rings is 2. The fourth-order valence-electron chi connectivity index (χ4n) is 2.03. The predicted molar refractivity (Wildman–Crippen MR) is 84.1 cm³/mol. The first kappa shape index (κ1) is 14.8. The van der Waals surface area contributed by atoms with E-state index in [9.17, 15) is 9.90 Å². The summed E-state index contributed by atoms with van der Waals surface area (Å²) >= 11 is 11.6. The molecule has 1 aliphatic rings. The number of allylic oxidation sites excluding steroid dienone is 1. The van der Waals surface area contributed by atoms with Gasteiger partial charge in [0.05, 0.1) is 10.6 Å². The van der Waals surface area contributed by atoms with Gasteiger partial charge in [0.1, 0.15) is 5.75 Å². The fraction of sp³-hybridized carbons (Fsp3) is 0.0625. The number of halogens is 2. The Kier molecular flexibility index (Phi) is 3.96. The highest BCUT2D eigenvalue weighted by molar-refractivity contribution is 6.36. The molecule has 0 radical (unpaired) electrons. The van der Waals surface area contributed by atoms with E-state index in [1.807, 2.05) is 0 Å². The van der Waals surface area contributed by atoms with Gasteiger partial charge in [0, 0.05) is 5.02 Å². The molecule has 1 aliphatic heterocycles. The van der Waals surface area contributed by atoms with Crippen molar-refractivity contribution in [3.8, 4) is 17.2 Å². The zero-order valence-corrected chi connectivity index (χ0v) is 12.7. The molecule has 3 rings (SSSR count). The Morgan fingerprint density at radius 3 is 2.73 bits per heavy atom. The van der Waals surface area contributed by atoms with E-state index in [4.69, 9.17) is 32.7 Å². The summed E-state index contributed by atoms with van der Waals surface area (Å²) < 4.78 is 10.5. The first-order valence-electron chi connectivity index (χ1n) is 6.34. The van der Waals surface area contributed by atoms with Gasteiger partial charge in [0.15, 0.2) is 17.3 Å². The number of rotatable bonds is 3. The zero-order chi connectivity index (χ0) is 15.7. The smallest absolute Gasteiger partial charge is 0.231 e. The van der Waals surface area contributed by atoms with Gasteiger partial charge >= 0.3 is 0 Å². The van der Waals surface area contributed by atoms with Gasteiger partial charge in [-0.1, -0.05) is 35.3 Å². The van der Waals surface area contributed by atoms with E-state index in [1.165, 1.54) is 18.2 Å². The van der Waals surface area contributed by atoms with E-state index in [-0.39, 0.29) is 28.2 Å². The summed E-state index contributed by atoms with van der Waals surface area (Å²) in [5.41, 5.74) is 0.819. The van der Waals surface area contributed by atoms with Gasteiger partial charge in [-0.15, -0.1) is 0 Å². The van der Waals surface area contributed by atoms with Crippen LogP contribution in [0.3, 0.4) is 0 Å². The van der Waals surface area contributed by atoms with Crippen LogP contribution in [0.4, 0.5) is 0 Å². The number of phenolic OH excluding ortho intramolecular Hbond substituents is 1. The highest BCUT2D eigenvalue weighted by Crippen LogP contribution is 2.33. The lowest BCUT2D eigenvalue weighted by Crippen LogP contribution is -1.95. The van der Waals surface area contributed by atoms with Gasteiger partial charge in [-0.2, -0.15) is 0 Å². The molecule has 1 N–H and O–H groups in total. The molecule has 6 heteroatoms. The normalized spacial score (nSPS) is 12.8. The van der Waals surface area contributed by atoms with E-state index in [2.05, 4.69) is 0 Å². The van der Waals surface area contributed by atoms with Gasteiger partial charge < -0.3 is 14.6 Å². The quantitative estimate of drug-likeness (QED) is 0.669. The molecule has 0 aliphatic carbocycles. The largest absolute Gasteiger partial charge is 0.506 e. The molecule has 0 fully saturated rings. The summed E-state index contributed by atoms with van der Waals surface area (Å²) in [4.78, 5) is 12.2. The first-order valence-corrected chi connectivity index (χ1v) is 7.10. The summed E-state index contributed by atoms with van der Waals surface area (Å²) in [6, 6.07) is 8.06. The van der Waals surface area contributed by atoms with Crippen molar-refractivity contribution in [2.75, 3.05) is 6.79 Å². The highest BCUT2D eigenvalue weighted by atomic mass is 35.5. The lowest BCUT2D eigenvalue weighted by atomic mass is 10.1. The molecule has 1 heterocycles. The van der Waals surface area contributed by atoms with E-state index in [1.54, 1.807) is 24.3 Å². The molecule has 2 aromatic carbocycles. The van der Waals surface area contributed by atoms with E-state index < -0.39 is 5.78 Å². The standard InChI is InChI=1S/C16H10Cl2O4/c17-10-6-11(16(20)12(18)7-10)13(19)3-1-9-2-4-14-15(5-9)22-8-21-14/h1-7,20H,8H2. The van der Waals surface area contributed by atoms with Crippen LogP contribution in [0.25, 0.3) is 6.08 Å². The first-order chi connectivity index (χ1) is 10.5. The molecule has 0 unspecified atom stereocenters. The molecule has 0 saturated carbocycles. The van der Waals surface area contributed by atoms with Gasteiger partial charge in [-0.3, -0.25) is 4.79 Å². The average Bonchev–Trinajstić information content (AvgIpc) is 2.96. The Bertz CT molecular complexity index is 784. The third-order valence-corrected chi connectivity index (χ3v) is 3.62. The van der Waals surface area contributed by atoms with Crippen molar-refractivity contribution in [2.24, 2.45) is 0 Å². The van der Waals surface area contributed by atoms with Gasteiger partial charge in [-0.05, 0) is 35.9 Å². The number of carbonyl (C=O) groups is 1. The maximum absolute atomic E-state index is 12.2. The minimum Gasteiger partial charge on any atom is -0.506 e. The van der Waals surface area contributed by atoms with Crippen molar-refractivity contribution >= 4 is 35.1 Å². The number of ether oxygens (including phenoxy) is 2. The number of hydrogen-bond donors (Lipinski definition) is 1. The number of fused-ring (bicyclic) bond motifs is 1. The van der Waals surface area contributed by atoms with E-state index >= 15 is 0 Å². The second kappa shape index (κ2) is 5.91. The third-order valence-electron chi connectivity index (χ3n) is 3.12.